The van der Waals surface area contributed by atoms with E-state index in [1.165, 1.54) is 0 Å². The molecule has 6 heteroatoms. The molecule has 0 atom stereocenters. The van der Waals surface area contributed by atoms with E-state index in [-0.39, 0.29) is 0 Å². The lowest BCUT2D eigenvalue weighted by molar-refractivity contribution is 0.399. The maximum Gasteiger partial charge on any atom is 0.237 e. The number of rotatable bonds is 4. The van der Waals surface area contributed by atoms with Crippen molar-refractivity contribution < 1.29 is 4.74 Å². The normalized spacial score (nSPS) is 10.2. The van der Waals surface area contributed by atoms with E-state index in [1.807, 2.05) is 18.2 Å². The minimum atomic E-state index is 0.575. The second kappa shape index (κ2) is 6.15. The molecule has 0 aliphatic carbocycles. The van der Waals surface area contributed by atoms with Crippen LogP contribution in [0.15, 0.2) is 39.5 Å². The van der Waals surface area contributed by atoms with Gasteiger partial charge in [-0.25, -0.2) is 4.98 Å². The van der Waals surface area contributed by atoms with Gasteiger partial charge in [0.1, 0.15) is 0 Å². The summed E-state index contributed by atoms with van der Waals surface area (Å²) in [5.74, 6) is 0.575. The SMILES string of the molecule is COc1ncccc1NCc1ncc(Br)cc1Br. The van der Waals surface area contributed by atoms with Crippen molar-refractivity contribution >= 4 is 37.5 Å². The van der Waals surface area contributed by atoms with Crippen LogP contribution in [0.2, 0.25) is 0 Å². The molecule has 0 saturated heterocycles. The first-order valence-electron chi connectivity index (χ1n) is 5.23. The molecule has 0 fully saturated rings. The third-order valence-electron chi connectivity index (χ3n) is 2.29. The average Bonchev–Trinajstić information content (AvgIpc) is 2.38. The first kappa shape index (κ1) is 13.3. The summed E-state index contributed by atoms with van der Waals surface area (Å²) in [6, 6.07) is 5.73. The standard InChI is InChI=1S/C12H11Br2N3O/c1-18-12-10(3-2-4-15-12)17-7-11-9(14)5-8(13)6-16-11/h2-6,17H,7H2,1H3. The van der Waals surface area contributed by atoms with Crippen LogP contribution in [0.1, 0.15) is 5.69 Å². The Labute approximate surface area is 122 Å². The molecule has 1 N–H and O–H groups in total. The molecule has 2 aromatic rings. The molecule has 0 saturated carbocycles. The lowest BCUT2D eigenvalue weighted by Crippen LogP contribution is -2.04. The Morgan fingerprint density at radius 3 is 2.89 bits per heavy atom. The van der Waals surface area contributed by atoms with Crippen LogP contribution in [-0.4, -0.2) is 17.1 Å². The zero-order valence-electron chi connectivity index (χ0n) is 9.65. The van der Waals surface area contributed by atoms with Crippen LogP contribution in [0.4, 0.5) is 5.69 Å². The minimum Gasteiger partial charge on any atom is -0.480 e. The van der Waals surface area contributed by atoms with Crippen LogP contribution in [0, 0.1) is 0 Å². The molecule has 2 aromatic heterocycles. The Hall–Kier alpha value is -1.14. The van der Waals surface area contributed by atoms with Crippen molar-refractivity contribution in [3.05, 3.63) is 45.2 Å². The first-order valence-corrected chi connectivity index (χ1v) is 6.82. The molecule has 0 bridgehead atoms. The van der Waals surface area contributed by atoms with Crippen molar-refractivity contribution in [1.82, 2.24) is 9.97 Å². The van der Waals surface area contributed by atoms with Gasteiger partial charge in [-0.15, -0.1) is 0 Å². The number of ether oxygens (including phenoxy) is 1. The van der Waals surface area contributed by atoms with Crippen molar-refractivity contribution in [2.24, 2.45) is 0 Å². The summed E-state index contributed by atoms with van der Waals surface area (Å²) in [4.78, 5) is 8.45. The van der Waals surface area contributed by atoms with Gasteiger partial charge in [-0.2, -0.15) is 0 Å². The van der Waals surface area contributed by atoms with Gasteiger partial charge in [0.2, 0.25) is 5.88 Å². The maximum absolute atomic E-state index is 5.17. The molecule has 0 aromatic carbocycles. The van der Waals surface area contributed by atoms with Gasteiger partial charge in [0, 0.05) is 21.3 Å². The quantitative estimate of drug-likeness (QED) is 0.890. The van der Waals surface area contributed by atoms with Crippen molar-refractivity contribution in [3.63, 3.8) is 0 Å². The Kier molecular flexibility index (Phi) is 4.54. The smallest absolute Gasteiger partial charge is 0.237 e. The topological polar surface area (TPSA) is 47.0 Å². The number of nitrogens with one attached hydrogen (secondary N) is 1. The molecular formula is C12H11Br2N3O. The highest BCUT2D eigenvalue weighted by Crippen LogP contribution is 2.23. The largest absolute Gasteiger partial charge is 0.480 e. The van der Waals surface area contributed by atoms with Gasteiger partial charge in [0.05, 0.1) is 25.0 Å². The average molecular weight is 373 g/mol. The number of methoxy groups -OCH3 is 1. The molecule has 0 aliphatic rings. The van der Waals surface area contributed by atoms with Crippen molar-refractivity contribution in [3.8, 4) is 5.88 Å². The number of nitrogens with zero attached hydrogens (tertiary/aromatic N) is 2. The molecule has 2 heterocycles. The van der Waals surface area contributed by atoms with Crippen LogP contribution in [0.3, 0.4) is 0 Å². The third kappa shape index (κ3) is 3.20. The fraction of sp³-hybridized carbons (Fsp3) is 0.167. The summed E-state index contributed by atoms with van der Waals surface area (Å²) >= 11 is 6.85. The second-order valence-electron chi connectivity index (χ2n) is 3.50. The van der Waals surface area contributed by atoms with E-state index in [0.29, 0.717) is 12.4 Å². The van der Waals surface area contributed by atoms with Crippen LogP contribution in [0.25, 0.3) is 0 Å². The lowest BCUT2D eigenvalue weighted by Gasteiger charge is -2.10. The fourth-order valence-corrected chi connectivity index (χ4v) is 2.57. The first-order chi connectivity index (χ1) is 8.70. The number of hydrogen-bond acceptors (Lipinski definition) is 4. The number of halogens is 2. The molecule has 2 rings (SSSR count). The lowest BCUT2D eigenvalue weighted by atomic mass is 10.3. The maximum atomic E-state index is 5.17. The van der Waals surface area contributed by atoms with Gasteiger partial charge in [-0.1, -0.05) is 0 Å². The molecule has 4 nitrogen and oxygen atoms in total. The van der Waals surface area contributed by atoms with Gasteiger partial charge < -0.3 is 10.1 Å². The Morgan fingerprint density at radius 1 is 1.33 bits per heavy atom. The highest BCUT2D eigenvalue weighted by atomic mass is 79.9. The predicted molar refractivity (Wildman–Crippen MR) is 77.8 cm³/mol. The zero-order chi connectivity index (χ0) is 13.0. The van der Waals surface area contributed by atoms with E-state index >= 15 is 0 Å². The van der Waals surface area contributed by atoms with E-state index in [2.05, 4.69) is 47.1 Å². The molecular weight excluding hydrogens is 362 g/mol. The van der Waals surface area contributed by atoms with Crippen LogP contribution >= 0.6 is 31.9 Å². The fourth-order valence-electron chi connectivity index (χ4n) is 1.44. The van der Waals surface area contributed by atoms with Crippen LogP contribution in [0.5, 0.6) is 5.88 Å². The summed E-state index contributed by atoms with van der Waals surface area (Å²) < 4.78 is 7.06. The number of pyridine rings is 2. The van der Waals surface area contributed by atoms with Gasteiger partial charge in [0.15, 0.2) is 0 Å². The van der Waals surface area contributed by atoms with Crippen molar-refractivity contribution in [2.45, 2.75) is 6.54 Å². The number of aromatic nitrogens is 2. The Bertz CT molecular complexity index is 549. The van der Waals surface area contributed by atoms with Crippen molar-refractivity contribution in [2.75, 3.05) is 12.4 Å². The minimum absolute atomic E-state index is 0.575. The number of hydrogen-bond donors (Lipinski definition) is 1. The van der Waals surface area contributed by atoms with Crippen LogP contribution in [-0.2, 0) is 6.54 Å². The summed E-state index contributed by atoms with van der Waals surface area (Å²) in [5, 5.41) is 3.25. The summed E-state index contributed by atoms with van der Waals surface area (Å²) in [5.41, 5.74) is 1.76. The molecule has 0 radical (unpaired) electrons. The molecule has 0 amide bonds. The molecule has 0 aliphatic heterocycles. The van der Waals surface area contributed by atoms with Gasteiger partial charge in [-0.3, -0.25) is 4.98 Å². The van der Waals surface area contributed by atoms with Gasteiger partial charge in [0.25, 0.3) is 0 Å². The van der Waals surface area contributed by atoms with E-state index in [4.69, 9.17) is 4.74 Å². The van der Waals surface area contributed by atoms with Gasteiger partial charge in [-0.05, 0) is 50.1 Å². The predicted octanol–water partition coefficient (Wildman–Crippen LogP) is 3.62. The second-order valence-corrected chi connectivity index (χ2v) is 5.27. The Morgan fingerprint density at radius 2 is 2.17 bits per heavy atom. The van der Waals surface area contributed by atoms with Crippen LogP contribution < -0.4 is 10.1 Å². The highest BCUT2D eigenvalue weighted by Gasteiger charge is 2.05. The monoisotopic (exact) mass is 371 g/mol. The Balaban J connectivity index is 2.11. The summed E-state index contributed by atoms with van der Waals surface area (Å²) in [6.45, 7) is 0.593. The van der Waals surface area contributed by atoms with E-state index in [1.54, 1.807) is 19.5 Å². The third-order valence-corrected chi connectivity index (χ3v) is 3.42. The molecule has 18 heavy (non-hydrogen) atoms. The van der Waals surface area contributed by atoms with E-state index in [9.17, 15) is 0 Å². The number of anilines is 1. The van der Waals surface area contributed by atoms with E-state index < -0.39 is 0 Å². The van der Waals surface area contributed by atoms with Gasteiger partial charge >= 0.3 is 0 Å². The van der Waals surface area contributed by atoms with Crippen molar-refractivity contribution in [1.29, 1.82) is 0 Å². The summed E-state index contributed by atoms with van der Waals surface area (Å²) in [6.07, 6.45) is 3.46. The molecule has 0 unspecified atom stereocenters. The molecule has 0 spiro atoms. The summed E-state index contributed by atoms with van der Waals surface area (Å²) in [7, 11) is 1.60. The molecule has 94 valence electrons. The highest BCUT2D eigenvalue weighted by molar-refractivity contribution is 9.11. The van der Waals surface area contributed by atoms with E-state index in [0.717, 1.165) is 20.3 Å². The zero-order valence-corrected chi connectivity index (χ0v) is 12.8.